The Morgan fingerprint density at radius 3 is 2.73 bits per heavy atom. The molecule has 168 valence electrons. The quantitative estimate of drug-likeness (QED) is 0.242. The molecule has 11 heteroatoms. The van der Waals surface area contributed by atoms with Gasteiger partial charge in [0, 0.05) is 22.7 Å². The summed E-state index contributed by atoms with van der Waals surface area (Å²) >= 11 is 6.71. The number of nitrogens with zero attached hydrogens (tertiary/aromatic N) is 2. The molecule has 1 aromatic heterocycles. The summed E-state index contributed by atoms with van der Waals surface area (Å²) in [4.78, 5) is 36.6. The standard InChI is InChI=1S/C22H14ClFN2O6S/c1-31-19-9-12(26(29)30)5-7-14(19)18-8-6-13(32-18)10-20-21(27)25(22(28)33-20)11-15-16(23)3-2-4-17(15)24/h2-10H,11H2,1H3/b20-10+. The number of methoxy groups -OCH3 is 1. The van der Waals surface area contributed by atoms with Crippen LogP contribution in [0.1, 0.15) is 11.3 Å². The van der Waals surface area contributed by atoms with Crippen LogP contribution in [0.4, 0.5) is 14.9 Å². The fourth-order valence-electron chi connectivity index (χ4n) is 3.18. The van der Waals surface area contributed by atoms with Gasteiger partial charge in [0.25, 0.3) is 16.8 Å². The first-order chi connectivity index (χ1) is 15.8. The molecule has 0 atom stereocenters. The predicted octanol–water partition coefficient (Wildman–Crippen LogP) is 5.89. The van der Waals surface area contributed by atoms with Gasteiger partial charge in [0.15, 0.2) is 0 Å². The van der Waals surface area contributed by atoms with Crippen molar-refractivity contribution in [3.63, 3.8) is 0 Å². The maximum absolute atomic E-state index is 14.1. The highest BCUT2D eigenvalue weighted by Gasteiger charge is 2.36. The van der Waals surface area contributed by atoms with Crippen LogP contribution in [0.3, 0.4) is 0 Å². The van der Waals surface area contributed by atoms with Gasteiger partial charge in [-0.3, -0.25) is 24.6 Å². The van der Waals surface area contributed by atoms with E-state index in [1.165, 1.54) is 49.6 Å². The van der Waals surface area contributed by atoms with Crippen LogP contribution in [-0.4, -0.2) is 28.1 Å². The van der Waals surface area contributed by atoms with Crippen LogP contribution < -0.4 is 4.74 Å². The number of furan rings is 1. The predicted molar refractivity (Wildman–Crippen MR) is 120 cm³/mol. The molecule has 0 saturated carbocycles. The van der Waals surface area contributed by atoms with E-state index in [0.717, 1.165) is 4.90 Å². The van der Waals surface area contributed by atoms with E-state index >= 15 is 0 Å². The largest absolute Gasteiger partial charge is 0.496 e. The van der Waals surface area contributed by atoms with E-state index in [9.17, 15) is 24.1 Å². The lowest BCUT2D eigenvalue weighted by Gasteiger charge is -2.14. The molecule has 0 N–H and O–H groups in total. The lowest BCUT2D eigenvalue weighted by molar-refractivity contribution is -0.384. The monoisotopic (exact) mass is 488 g/mol. The second kappa shape index (κ2) is 9.08. The van der Waals surface area contributed by atoms with E-state index in [1.54, 1.807) is 12.1 Å². The molecule has 0 bridgehead atoms. The molecule has 1 aliphatic heterocycles. The molecular weight excluding hydrogens is 475 g/mol. The molecule has 8 nitrogen and oxygen atoms in total. The Labute approximate surface area is 195 Å². The number of halogens is 2. The zero-order chi connectivity index (χ0) is 23.7. The summed E-state index contributed by atoms with van der Waals surface area (Å²) in [5.41, 5.74) is 0.393. The number of thioether (sulfide) groups is 1. The highest BCUT2D eigenvalue weighted by Crippen LogP contribution is 2.37. The van der Waals surface area contributed by atoms with Crippen LogP contribution in [0.2, 0.25) is 5.02 Å². The van der Waals surface area contributed by atoms with Gasteiger partial charge in [0.1, 0.15) is 23.1 Å². The third kappa shape index (κ3) is 4.48. The second-order valence-corrected chi connectivity index (χ2v) is 8.21. The van der Waals surface area contributed by atoms with Crippen molar-refractivity contribution < 1.29 is 28.1 Å². The minimum atomic E-state index is -0.613. The van der Waals surface area contributed by atoms with Crippen molar-refractivity contribution in [1.82, 2.24) is 4.90 Å². The maximum atomic E-state index is 14.1. The molecule has 1 fully saturated rings. The summed E-state index contributed by atoms with van der Waals surface area (Å²) in [5.74, 6) is -0.342. The van der Waals surface area contributed by atoms with E-state index in [0.29, 0.717) is 23.1 Å². The van der Waals surface area contributed by atoms with Crippen molar-refractivity contribution in [3.8, 4) is 17.1 Å². The lowest BCUT2D eigenvalue weighted by Crippen LogP contribution is -2.28. The van der Waals surface area contributed by atoms with Gasteiger partial charge < -0.3 is 9.15 Å². The van der Waals surface area contributed by atoms with Crippen molar-refractivity contribution in [2.24, 2.45) is 0 Å². The first-order valence-electron chi connectivity index (χ1n) is 9.39. The van der Waals surface area contributed by atoms with Gasteiger partial charge in [-0.2, -0.15) is 0 Å². The SMILES string of the molecule is COc1cc([N+](=O)[O-])ccc1-c1ccc(/C=C2/SC(=O)N(Cc3c(F)cccc3Cl)C2=O)o1. The van der Waals surface area contributed by atoms with Crippen molar-refractivity contribution in [1.29, 1.82) is 0 Å². The smallest absolute Gasteiger partial charge is 0.293 e. The Kier molecular flexibility index (Phi) is 6.21. The summed E-state index contributed by atoms with van der Waals surface area (Å²) in [7, 11) is 1.38. The number of carbonyl (C=O) groups excluding carboxylic acids is 2. The van der Waals surface area contributed by atoms with Crippen LogP contribution in [0.25, 0.3) is 17.4 Å². The Hall–Kier alpha value is -3.63. The van der Waals surface area contributed by atoms with E-state index in [4.69, 9.17) is 20.8 Å². The van der Waals surface area contributed by atoms with Crippen LogP contribution in [0, 0.1) is 15.9 Å². The molecule has 0 spiro atoms. The third-order valence-corrected chi connectivity index (χ3v) is 6.07. The van der Waals surface area contributed by atoms with Crippen LogP contribution in [0.15, 0.2) is 57.9 Å². The van der Waals surface area contributed by atoms with Gasteiger partial charge in [-0.1, -0.05) is 17.7 Å². The normalized spacial score (nSPS) is 14.9. The molecule has 2 heterocycles. The van der Waals surface area contributed by atoms with E-state index in [1.807, 2.05) is 0 Å². The molecule has 0 radical (unpaired) electrons. The Morgan fingerprint density at radius 2 is 2.03 bits per heavy atom. The van der Waals surface area contributed by atoms with Gasteiger partial charge in [-0.25, -0.2) is 4.39 Å². The number of amides is 2. The van der Waals surface area contributed by atoms with Gasteiger partial charge in [-0.05, 0) is 42.1 Å². The molecule has 2 amide bonds. The molecule has 0 aliphatic carbocycles. The molecule has 4 rings (SSSR count). The van der Waals surface area contributed by atoms with Crippen LogP contribution >= 0.6 is 23.4 Å². The number of hydrogen-bond donors (Lipinski definition) is 0. The number of rotatable bonds is 6. The zero-order valence-electron chi connectivity index (χ0n) is 16.9. The van der Waals surface area contributed by atoms with E-state index < -0.39 is 21.9 Å². The molecule has 33 heavy (non-hydrogen) atoms. The summed E-state index contributed by atoms with van der Waals surface area (Å²) in [5, 5.41) is 10.5. The van der Waals surface area contributed by atoms with Crippen LogP contribution in [0.5, 0.6) is 5.75 Å². The highest BCUT2D eigenvalue weighted by atomic mass is 35.5. The average molecular weight is 489 g/mol. The van der Waals surface area contributed by atoms with Gasteiger partial charge in [0.05, 0.1) is 35.1 Å². The van der Waals surface area contributed by atoms with E-state index in [2.05, 4.69) is 0 Å². The summed E-state index contributed by atoms with van der Waals surface area (Å²) in [6, 6.07) is 11.4. The van der Waals surface area contributed by atoms with Crippen LogP contribution in [-0.2, 0) is 11.3 Å². The molecular formula is C22H14ClFN2O6S. The molecule has 1 aliphatic rings. The number of hydrogen-bond acceptors (Lipinski definition) is 7. The fourth-order valence-corrected chi connectivity index (χ4v) is 4.22. The third-order valence-electron chi connectivity index (χ3n) is 4.81. The Morgan fingerprint density at radius 1 is 1.24 bits per heavy atom. The van der Waals surface area contributed by atoms with Gasteiger partial charge in [-0.15, -0.1) is 0 Å². The minimum Gasteiger partial charge on any atom is -0.496 e. The molecule has 3 aromatic rings. The van der Waals surface area contributed by atoms with Crippen molar-refractivity contribution in [3.05, 3.63) is 85.7 Å². The van der Waals surface area contributed by atoms with E-state index in [-0.39, 0.29) is 39.2 Å². The Balaban J connectivity index is 1.58. The number of carbonyl (C=O) groups is 2. The first-order valence-corrected chi connectivity index (χ1v) is 10.6. The molecule has 1 saturated heterocycles. The highest BCUT2D eigenvalue weighted by molar-refractivity contribution is 8.18. The minimum absolute atomic E-state index is 0.0493. The van der Waals surface area contributed by atoms with Crippen molar-refractivity contribution in [2.75, 3.05) is 7.11 Å². The maximum Gasteiger partial charge on any atom is 0.293 e. The second-order valence-electron chi connectivity index (χ2n) is 6.81. The molecule has 2 aromatic carbocycles. The van der Waals surface area contributed by atoms with Gasteiger partial charge in [0.2, 0.25) is 0 Å². The lowest BCUT2D eigenvalue weighted by atomic mass is 10.1. The number of nitro benzene ring substituents is 1. The first kappa shape index (κ1) is 22.6. The number of benzene rings is 2. The van der Waals surface area contributed by atoms with Crippen molar-refractivity contribution in [2.45, 2.75) is 6.54 Å². The van der Waals surface area contributed by atoms with Crippen molar-refractivity contribution >= 4 is 46.3 Å². The fraction of sp³-hybridized carbons (Fsp3) is 0.0909. The zero-order valence-corrected chi connectivity index (χ0v) is 18.5. The van der Waals surface area contributed by atoms with Gasteiger partial charge >= 0.3 is 0 Å². The summed E-state index contributed by atoms with van der Waals surface area (Å²) in [6.07, 6.45) is 1.40. The topological polar surface area (TPSA) is 103 Å². The number of imide groups is 1. The average Bonchev–Trinajstić information content (AvgIpc) is 3.35. The number of ether oxygens (including phenoxy) is 1. The molecule has 0 unspecified atom stereocenters. The number of nitro groups is 1. The number of non-ortho nitro benzene ring substituents is 1. The Bertz CT molecular complexity index is 1300. The summed E-state index contributed by atoms with van der Waals surface area (Å²) < 4.78 is 25.0. The summed E-state index contributed by atoms with van der Waals surface area (Å²) in [6.45, 7) is -0.295.